The maximum atomic E-state index is 14.1. The van der Waals surface area contributed by atoms with Crippen molar-refractivity contribution in [3.8, 4) is 5.75 Å². The van der Waals surface area contributed by atoms with Crippen LogP contribution in [0.2, 0.25) is 0 Å². The van der Waals surface area contributed by atoms with Crippen LogP contribution in [-0.2, 0) is 30.5 Å². The van der Waals surface area contributed by atoms with Crippen molar-refractivity contribution in [1.82, 2.24) is 19.9 Å². The third kappa shape index (κ3) is 5.87. The zero-order valence-electron chi connectivity index (χ0n) is 24.4. The lowest BCUT2D eigenvalue weighted by Crippen LogP contribution is -2.37. The summed E-state index contributed by atoms with van der Waals surface area (Å²) in [5.41, 5.74) is 4.38. The fraction of sp³-hybridized carbons (Fsp3) is 0.394. The molecule has 11 heteroatoms. The van der Waals surface area contributed by atoms with Gasteiger partial charge in [-0.05, 0) is 84.7 Å². The predicted molar refractivity (Wildman–Crippen MR) is 157 cm³/mol. The normalized spacial score (nSPS) is 17.9. The Morgan fingerprint density at radius 1 is 1.02 bits per heavy atom. The molecule has 5 aliphatic rings. The van der Waals surface area contributed by atoms with E-state index in [1.54, 1.807) is 0 Å². The maximum Gasteiger partial charge on any atom is 0.417 e. The van der Waals surface area contributed by atoms with Crippen LogP contribution in [0.1, 0.15) is 81.8 Å². The number of carbonyl (C=O) groups excluding carboxylic acids is 1. The van der Waals surface area contributed by atoms with Crippen LogP contribution in [0.25, 0.3) is 11.0 Å². The average molecular weight is 607 g/mol. The minimum absolute atomic E-state index is 0.0778. The van der Waals surface area contributed by atoms with Crippen molar-refractivity contribution in [1.29, 1.82) is 0 Å². The Kier molecular flexibility index (Phi) is 8.04. The fourth-order valence-electron chi connectivity index (χ4n) is 6.39. The van der Waals surface area contributed by atoms with E-state index in [4.69, 9.17) is 4.74 Å². The molecule has 6 heterocycles. The Balaban J connectivity index is 1.42. The second kappa shape index (κ2) is 11.9. The first-order valence-corrected chi connectivity index (χ1v) is 14.9. The van der Waals surface area contributed by atoms with Crippen LogP contribution in [0.4, 0.5) is 13.2 Å². The van der Waals surface area contributed by atoms with E-state index in [1.807, 2.05) is 41.9 Å². The lowest BCUT2D eigenvalue weighted by Gasteiger charge is -2.31. The van der Waals surface area contributed by atoms with Crippen LogP contribution in [0.3, 0.4) is 0 Å². The molecule has 1 amide bonds. The highest BCUT2D eigenvalue weighted by molar-refractivity contribution is 5.96. The smallest absolute Gasteiger partial charge is 0.417 e. The molecule has 0 radical (unpaired) electrons. The zero-order chi connectivity index (χ0) is 31.0. The minimum atomic E-state index is -4.73. The van der Waals surface area contributed by atoms with Crippen LogP contribution in [0.15, 0.2) is 48.5 Å². The molecule has 1 atom stereocenters. The van der Waals surface area contributed by atoms with Gasteiger partial charge in [0, 0.05) is 25.6 Å². The number of carboxylic acid groups (broad SMARTS) is 1. The van der Waals surface area contributed by atoms with Crippen molar-refractivity contribution in [2.24, 2.45) is 0 Å². The van der Waals surface area contributed by atoms with E-state index in [1.165, 1.54) is 17.0 Å². The number of halogens is 3. The predicted octanol–water partition coefficient (Wildman–Crippen LogP) is 6.52. The number of ether oxygens (including phenoxy) is 1. The Bertz CT molecular complexity index is 1730. The van der Waals surface area contributed by atoms with Crippen LogP contribution >= 0.6 is 0 Å². The summed E-state index contributed by atoms with van der Waals surface area (Å²) in [6.45, 7) is 3.23. The van der Waals surface area contributed by atoms with Crippen molar-refractivity contribution in [3.63, 3.8) is 0 Å². The third-order valence-corrected chi connectivity index (χ3v) is 8.73. The summed E-state index contributed by atoms with van der Waals surface area (Å²) in [6.07, 6.45) is -1.22. The summed E-state index contributed by atoms with van der Waals surface area (Å²) >= 11 is 0. The second-order valence-electron chi connectivity index (χ2n) is 11.6. The van der Waals surface area contributed by atoms with E-state index >= 15 is 0 Å². The van der Waals surface area contributed by atoms with Gasteiger partial charge in [-0.2, -0.15) is 13.2 Å². The molecule has 9 bridgehead atoms. The lowest BCUT2D eigenvalue weighted by molar-refractivity contribution is -0.138. The fourth-order valence-corrected chi connectivity index (χ4v) is 6.39. The second-order valence-corrected chi connectivity index (χ2v) is 11.6. The highest BCUT2D eigenvalue weighted by Crippen LogP contribution is 2.38. The highest BCUT2D eigenvalue weighted by Gasteiger charge is 2.37. The number of hydrogen-bond acceptors (Lipinski definition) is 5. The van der Waals surface area contributed by atoms with Gasteiger partial charge >= 0.3 is 12.1 Å². The molecule has 230 valence electrons. The molecule has 0 saturated heterocycles. The van der Waals surface area contributed by atoms with Gasteiger partial charge in [-0.25, -0.2) is 4.68 Å². The summed E-state index contributed by atoms with van der Waals surface area (Å²) in [4.78, 5) is 27.0. The average Bonchev–Trinajstić information content (AvgIpc) is 3.41. The van der Waals surface area contributed by atoms with E-state index in [0.29, 0.717) is 19.4 Å². The summed E-state index contributed by atoms with van der Waals surface area (Å²) in [7, 11) is 0. The molecular weight excluding hydrogens is 573 g/mol. The first-order valence-electron chi connectivity index (χ1n) is 14.9. The quantitative estimate of drug-likeness (QED) is 0.279. The standard InChI is InChI=1S/C33H33F3N4O4/c1-20-25-10-11-29-31(20)37-38-40(29)13-4-2-3-5-15-44-24-8-9-26(28(17-24)33(34,35)36)32(43)39-14-12-21-6-7-22(16-23(21)19-39)27(25)18-30(41)42/h6-11,16-17,27H,2-5,12-15,18-19H2,1H3,(H,41,42). The van der Waals surface area contributed by atoms with Crippen LogP contribution in [0.5, 0.6) is 5.75 Å². The maximum absolute atomic E-state index is 14.1. The third-order valence-electron chi connectivity index (χ3n) is 8.73. The van der Waals surface area contributed by atoms with E-state index in [2.05, 4.69) is 10.3 Å². The van der Waals surface area contributed by atoms with Gasteiger partial charge in [0.05, 0.1) is 29.7 Å². The van der Waals surface area contributed by atoms with E-state index in [9.17, 15) is 27.9 Å². The number of alkyl halides is 3. The van der Waals surface area contributed by atoms with Crippen molar-refractivity contribution in [2.75, 3.05) is 13.2 Å². The number of carboxylic acids is 1. The molecule has 0 aliphatic carbocycles. The topological polar surface area (TPSA) is 97.5 Å². The first-order chi connectivity index (χ1) is 21.1. The number of rotatable bonds is 2. The Labute approximate surface area is 252 Å². The molecular formula is C33H33F3N4O4. The number of nitrogens with zero attached hydrogens (tertiary/aromatic N) is 4. The molecule has 8 nitrogen and oxygen atoms in total. The lowest BCUT2D eigenvalue weighted by atomic mass is 9.83. The Hall–Kier alpha value is -4.41. The van der Waals surface area contributed by atoms with E-state index < -0.39 is 35.1 Å². The molecule has 5 aliphatic heterocycles. The van der Waals surface area contributed by atoms with Gasteiger partial charge in [-0.3, -0.25) is 9.59 Å². The minimum Gasteiger partial charge on any atom is -0.494 e. The molecule has 0 spiro atoms. The van der Waals surface area contributed by atoms with Crippen LogP contribution in [-0.4, -0.2) is 50.0 Å². The number of aliphatic carboxylic acids is 1. The largest absolute Gasteiger partial charge is 0.494 e. The molecule has 44 heavy (non-hydrogen) atoms. The number of benzene rings is 3. The Morgan fingerprint density at radius 3 is 2.64 bits per heavy atom. The van der Waals surface area contributed by atoms with Gasteiger partial charge in [-0.1, -0.05) is 35.9 Å². The molecule has 4 aromatic rings. The van der Waals surface area contributed by atoms with Gasteiger partial charge < -0.3 is 14.7 Å². The van der Waals surface area contributed by atoms with Gasteiger partial charge in [0.25, 0.3) is 5.91 Å². The molecule has 0 saturated carbocycles. The van der Waals surface area contributed by atoms with Gasteiger partial charge in [0.2, 0.25) is 0 Å². The summed E-state index contributed by atoms with van der Waals surface area (Å²) in [5, 5.41) is 18.7. The molecule has 1 N–H and O–H groups in total. The molecule has 9 rings (SSSR count). The summed E-state index contributed by atoms with van der Waals surface area (Å²) in [6, 6.07) is 13.2. The number of carbonyl (C=O) groups is 2. The van der Waals surface area contributed by atoms with Gasteiger partial charge in [0.15, 0.2) is 0 Å². The highest BCUT2D eigenvalue weighted by atomic mass is 19.4. The van der Waals surface area contributed by atoms with Crippen molar-refractivity contribution in [3.05, 3.63) is 87.5 Å². The van der Waals surface area contributed by atoms with Gasteiger partial charge in [-0.15, -0.1) is 5.10 Å². The van der Waals surface area contributed by atoms with E-state index in [0.717, 1.165) is 64.2 Å². The Morgan fingerprint density at radius 2 is 1.84 bits per heavy atom. The van der Waals surface area contributed by atoms with Gasteiger partial charge in [0.1, 0.15) is 11.3 Å². The van der Waals surface area contributed by atoms with E-state index in [-0.39, 0.29) is 31.9 Å². The van der Waals surface area contributed by atoms with Crippen molar-refractivity contribution < 1.29 is 32.6 Å². The van der Waals surface area contributed by atoms with Crippen molar-refractivity contribution in [2.45, 2.75) is 70.6 Å². The molecule has 1 aromatic heterocycles. The van der Waals surface area contributed by atoms with Crippen LogP contribution in [0, 0.1) is 6.92 Å². The molecule has 0 fully saturated rings. The molecule has 1 unspecified atom stereocenters. The summed E-state index contributed by atoms with van der Waals surface area (Å²) in [5.74, 6) is -2.08. The zero-order valence-corrected chi connectivity index (χ0v) is 24.4. The van der Waals surface area contributed by atoms with Crippen LogP contribution < -0.4 is 4.74 Å². The summed E-state index contributed by atoms with van der Waals surface area (Å²) < 4.78 is 49.9. The number of hydrogen-bond donors (Lipinski definition) is 1. The number of amides is 1. The molecule has 3 aromatic carbocycles. The SMILES string of the molecule is Cc1c2ccc3c1nnn3CCCCCCOc1ccc(c(C(F)(F)F)c1)C(=O)N1CCc3ccc(cc3C1)C2CC(=O)O. The van der Waals surface area contributed by atoms with Crippen molar-refractivity contribution >= 4 is 22.9 Å². The first kappa shape index (κ1) is 29.7. The number of aromatic nitrogens is 3. The monoisotopic (exact) mass is 606 g/mol. The number of aryl methyl sites for hydroxylation is 2.